The Morgan fingerprint density at radius 2 is 1.71 bits per heavy atom. The average molecular weight is 312 g/mol. The number of carbonyl (C=O) groups excluding carboxylic acids is 1. The molecule has 3 nitrogen and oxygen atoms in total. The third-order valence-corrected chi connectivity index (χ3v) is 4.34. The molecule has 1 saturated heterocycles. The molecule has 1 fully saturated rings. The van der Waals surface area contributed by atoms with Gasteiger partial charge in [0, 0.05) is 5.69 Å². The summed E-state index contributed by atoms with van der Waals surface area (Å²) in [4.78, 5) is 14.7. The fourth-order valence-corrected chi connectivity index (χ4v) is 3.31. The zero-order chi connectivity index (χ0) is 14.8. The summed E-state index contributed by atoms with van der Waals surface area (Å²) < 4.78 is 0.534. The van der Waals surface area contributed by atoms with Crippen molar-refractivity contribution in [3.05, 3.63) is 65.1 Å². The van der Waals surface area contributed by atoms with Crippen LogP contribution in [-0.2, 0) is 4.79 Å². The van der Waals surface area contributed by atoms with Gasteiger partial charge in [-0.25, -0.2) is 0 Å². The first-order valence-electron chi connectivity index (χ1n) is 6.34. The Bertz CT molecular complexity index is 724. The minimum Gasteiger partial charge on any atom is -0.399 e. The number of thioether (sulfide) groups is 1. The second-order valence-corrected chi connectivity index (χ2v) is 6.20. The number of rotatable bonds is 2. The molecule has 104 valence electrons. The van der Waals surface area contributed by atoms with E-state index in [1.54, 1.807) is 24.3 Å². The summed E-state index contributed by atoms with van der Waals surface area (Å²) in [6, 6.07) is 16.8. The van der Waals surface area contributed by atoms with Gasteiger partial charge in [0.2, 0.25) is 0 Å². The highest BCUT2D eigenvalue weighted by Crippen LogP contribution is 2.36. The fourth-order valence-electron chi connectivity index (χ4n) is 2.01. The molecular weight excluding hydrogens is 300 g/mol. The molecule has 0 bridgehead atoms. The molecule has 1 heterocycles. The summed E-state index contributed by atoms with van der Waals surface area (Å²) in [6.45, 7) is 0. The summed E-state index contributed by atoms with van der Waals surface area (Å²) in [5.74, 6) is -0.0985. The maximum Gasteiger partial charge on any atom is 0.270 e. The van der Waals surface area contributed by atoms with E-state index in [0.29, 0.717) is 14.9 Å². The maximum atomic E-state index is 12.5. The van der Waals surface area contributed by atoms with E-state index in [-0.39, 0.29) is 5.91 Å². The summed E-state index contributed by atoms with van der Waals surface area (Å²) in [6.07, 6.45) is 1.86. The van der Waals surface area contributed by atoms with Crippen molar-refractivity contribution in [1.29, 1.82) is 0 Å². The predicted molar refractivity (Wildman–Crippen MR) is 92.9 cm³/mol. The van der Waals surface area contributed by atoms with E-state index in [4.69, 9.17) is 18.0 Å². The summed E-state index contributed by atoms with van der Waals surface area (Å²) >= 11 is 6.63. The maximum absolute atomic E-state index is 12.5. The second kappa shape index (κ2) is 5.71. The van der Waals surface area contributed by atoms with Crippen LogP contribution >= 0.6 is 24.0 Å². The lowest BCUT2D eigenvalue weighted by atomic mass is 10.2. The van der Waals surface area contributed by atoms with Gasteiger partial charge < -0.3 is 5.73 Å². The zero-order valence-corrected chi connectivity index (χ0v) is 12.7. The van der Waals surface area contributed by atoms with Crippen molar-refractivity contribution >= 4 is 51.7 Å². The molecule has 1 aliphatic rings. The predicted octanol–water partition coefficient (Wildman–Crippen LogP) is 3.67. The molecule has 1 amide bonds. The quantitative estimate of drug-likeness (QED) is 0.522. The van der Waals surface area contributed by atoms with Crippen LogP contribution in [0.3, 0.4) is 0 Å². The van der Waals surface area contributed by atoms with Crippen LogP contribution in [0.25, 0.3) is 6.08 Å². The molecule has 2 aromatic rings. The number of nitrogens with zero attached hydrogens (tertiary/aromatic N) is 1. The number of anilines is 2. The first-order valence-corrected chi connectivity index (χ1v) is 7.56. The molecule has 2 N–H and O–H groups in total. The van der Waals surface area contributed by atoms with Crippen LogP contribution in [0.2, 0.25) is 0 Å². The van der Waals surface area contributed by atoms with Gasteiger partial charge in [-0.05, 0) is 35.9 Å². The Kier molecular flexibility index (Phi) is 3.77. The van der Waals surface area contributed by atoms with E-state index in [2.05, 4.69) is 0 Å². The van der Waals surface area contributed by atoms with E-state index in [0.717, 1.165) is 11.3 Å². The van der Waals surface area contributed by atoms with Gasteiger partial charge in [-0.3, -0.25) is 9.69 Å². The second-order valence-electron chi connectivity index (χ2n) is 4.52. The normalized spacial score (nSPS) is 16.8. The molecule has 0 radical (unpaired) electrons. The standard InChI is InChI=1S/C16H12N2OS2/c17-12-6-8-13(9-7-12)18-15(19)14(21-16(18)20)10-11-4-2-1-3-5-11/h1-10H,17H2/b14-10+. The molecule has 0 spiro atoms. The van der Waals surface area contributed by atoms with Crippen molar-refractivity contribution in [2.45, 2.75) is 0 Å². The zero-order valence-electron chi connectivity index (χ0n) is 11.0. The first-order chi connectivity index (χ1) is 10.1. The number of amides is 1. The van der Waals surface area contributed by atoms with Crippen molar-refractivity contribution in [3.8, 4) is 0 Å². The molecule has 21 heavy (non-hydrogen) atoms. The Labute approximate surface area is 132 Å². The van der Waals surface area contributed by atoms with E-state index in [1.807, 2.05) is 36.4 Å². The molecule has 1 aliphatic heterocycles. The smallest absolute Gasteiger partial charge is 0.270 e. The van der Waals surface area contributed by atoms with E-state index in [9.17, 15) is 4.79 Å². The van der Waals surface area contributed by atoms with Crippen molar-refractivity contribution in [2.24, 2.45) is 0 Å². The van der Waals surface area contributed by atoms with Gasteiger partial charge in [-0.15, -0.1) is 0 Å². The number of thiocarbonyl (C=S) groups is 1. The SMILES string of the molecule is Nc1ccc(N2C(=O)/C(=C\c3ccccc3)SC2=S)cc1. The highest BCUT2D eigenvalue weighted by molar-refractivity contribution is 8.27. The first kappa shape index (κ1) is 13.9. The van der Waals surface area contributed by atoms with Gasteiger partial charge in [0.1, 0.15) is 0 Å². The number of hydrogen-bond acceptors (Lipinski definition) is 4. The minimum atomic E-state index is -0.0985. The monoisotopic (exact) mass is 312 g/mol. The lowest BCUT2D eigenvalue weighted by Gasteiger charge is -2.14. The molecule has 0 aliphatic carbocycles. The largest absolute Gasteiger partial charge is 0.399 e. The molecule has 0 unspecified atom stereocenters. The minimum absolute atomic E-state index is 0.0985. The Morgan fingerprint density at radius 1 is 1.05 bits per heavy atom. The van der Waals surface area contributed by atoms with E-state index >= 15 is 0 Å². The number of hydrogen-bond donors (Lipinski definition) is 1. The van der Waals surface area contributed by atoms with Crippen LogP contribution in [0, 0.1) is 0 Å². The Balaban J connectivity index is 1.92. The lowest BCUT2D eigenvalue weighted by Crippen LogP contribution is -2.27. The number of nitrogens with two attached hydrogens (primary N) is 1. The van der Waals surface area contributed by atoms with Crippen LogP contribution in [0.4, 0.5) is 11.4 Å². The average Bonchev–Trinajstić information content (AvgIpc) is 2.76. The summed E-state index contributed by atoms with van der Waals surface area (Å²) in [7, 11) is 0. The summed E-state index contributed by atoms with van der Waals surface area (Å²) in [5.41, 5.74) is 8.05. The van der Waals surface area contributed by atoms with Crippen LogP contribution in [0.15, 0.2) is 59.5 Å². The van der Waals surface area contributed by atoms with E-state index < -0.39 is 0 Å². The third kappa shape index (κ3) is 2.84. The molecule has 0 atom stereocenters. The molecule has 5 heteroatoms. The van der Waals surface area contributed by atoms with Crippen molar-refractivity contribution in [2.75, 3.05) is 10.6 Å². The molecular formula is C16H12N2OS2. The van der Waals surface area contributed by atoms with Crippen LogP contribution in [0.1, 0.15) is 5.56 Å². The van der Waals surface area contributed by atoms with Crippen molar-refractivity contribution < 1.29 is 4.79 Å². The van der Waals surface area contributed by atoms with Crippen LogP contribution < -0.4 is 10.6 Å². The Hall–Kier alpha value is -2.11. The summed E-state index contributed by atoms with van der Waals surface area (Å²) in [5, 5.41) is 0. The third-order valence-electron chi connectivity index (χ3n) is 3.04. The van der Waals surface area contributed by atoms with Crippen molar-refractivity contribution in [3.63, 3.8) is 0 Å². The van der Waals surface area contributed by atoms with Crippen LogP contribution in [-0.4, -0.2) is 10.2 Å². The molecule has 0 saturated carbocycles. The lowest BCUT2D eigenvalue weighted by molar-refractivity contribution is -0.113. The number of nitrogen functional groups attached to an aromatic ring is 1. The molecule has 3 rings (SSSR count). The topological polar surface area (TPSA) is 46.3 Å². The number of benzene rings is 2. The number of carbonyl (C=O) groups is 1. The highest BCUT2D eigenvalue weighted by Gasteiger charge is 2.33. The van der Waals surface area contributed by atoms with Gasteiger partial charge in [0.25, 0.3) is 5.91 Å². The van der Waals surface area contributed by atoms with Crippen LogP contribution in [0.5, 0.6) is 0 Å². The molecule has 0 aromatic heterocycles. The highest BCUT2D eigenvalue weighted by atomic mass is 32.2. The molecule has 2 aromatic carbocycles. The van der Waals surface area contributed by atoms with Crippen molar-refractivity contribution in [1.82, 2.24) is 0 Å². The Morgan fingerprint density at radius 3 is 2.38 bits per heavy atom. The van der Waals surface area contributed by atoms with E-state index in [1.165, 1.54) is 16.7 Å². The van der Waals surface area contributed by atoms with Gasteiger partial charge in [-0.1, -0.05) is 54.3 Å². The van der Waals surface area contributed by atoms with Gasteiger partial charge in [-0.2, -0.15) is 0 Å². The fraction of sp³-hybridized carbons (Fsp3) is 0. The van der Waals surface area contributed by atoms with Gasteiger partial charge in [0.15, 0.2) is 4.32 Å². The van der Waals surface area contributed by atoms with Gasteiger partial charge in [0.05, 0.1) is 10.6 Å². The van der Waals surface area contributed by atoms with Gasteiger partial charge >= 0.3 is 0 Å².